The van der Waals surface area contributed by atoms with E-state index in [1.807, 2.05) is 17.1 Å². The van der Waals surface area contributed by atoms with Crippen LogP contribution in [0.25, 0.3) is 0 Å². The molecule has 0 saturated heterocycles. The molecule has 0 aliphatic rings. The number of hydrogen-bond acceptors (Lipinski definition) is 1. The van der Waals surface area contributed by atoms with E-state index in [1.165, 1.54) is 5.56 Å². The van der Waals surface area contributed by atoms with Gasteiger partial charge in [-0.25, -0.2) is 0 Å². The van der Waals surface area contributed by atoms with Crippen molar-refractivity contribution >= 4 is 15.9 Å². The Hall–Kier alpha value is -0.500. The molecule has 0 bridgehead atoms. The van der Waals surface area contributed by atoms with E-state index in [0.29, 0.717) is 0 Å². The average Bonchev–Trinajstić information content (AvgIpc) is 2.34. The summed E-state index contributed by atoms with van der Waals surface area (Å²) in [6, 6.07) is 1.95. The fourth-order valence-electron chi connectivity index (χ4n) is 0.589. The standard InChI is InChI=1S/C7H7BrO/c8-4-1-2-7-3-5-9-6-7/h1,3-6H,2H2/b4-1+. The van der Waals surface area contributed by atoms with Crippen LogP contribution in [0.5, 0.6) is 0 Å². The fourth-order valence-corrected chi connectivity index (χ4v) is 0.776. The second-order valence-corrected chi connectivity index (χ2v) is 2.23. The van der Waals surface area contributed by atoms with Crippen molar-refractivity contribution in [2.45, 2.75) is 6.42 Å². The first kappa shape index (κ1) is 6.62. The van der Waals surface area contributed by atoms with Crippen LogP contribution in [-0.2, 0) is 6.42 Å². The van der Waals surface area contributed by atoms with Gasteiger partial charge in [-0.3, -0.25) is 0 Å². The molecule has 0 aliphatic carbocycles. The Balaban J connectivity index is 2.48. The molecule has 1 aromatic heterocycles. The summed E-state index contributed by atoms with van der Waals surface area (Å²) in [5, 5.41) is 0. The van der Waals surface area contributed by atoms with Gasteiger partial charge in [-0.2, -0.15) is 0 Å². The van der Waals surface area contributed by atoms with Crippen molar-refractivity contribution in [2.24, 2.45) is 0 Å². The smallest absolute Gasteiger partial charge is 0.0937 e. The first-order valence-corrected chi connectivity index (χ1v) is 3.61. The van der Waals surface area contributed by atoms with Crippen molar-refractivity contribution < 1.29 is 4.42 Å². The van der Waals surface area contributed by atoms with Crippen LogP contribution in [0.2, 0.25) is 0 Å². The maximum Gasteiger partial charge on any atom is 0.0937 e. The Morgan fingerprint density at radius 3 is 3.11 bits per heavy atom. The summed E-state index contributed by atoms with van der Waals surface area (Å²) in [5.41, 5.74) is 1.20. The molecule has 0 atom stereocenters. The van der Waals surface area contributed by atoms with E-state index in [0.717, 1.165) is 6.42 Å². The normalized spacial score (nSPS) is 10.8. The molecule has 9 heavy (non-hydrogen) atoms. The van der Waals surface area contributed by atoms with E-state index >= 15 is 0 Å². The van der Waals surface area contributed by atoms with E-state index in [4.69, 9.17) is 4.42 Å². The quantitative estimate of drug-likeness (QED) is 0.693. The van der Waals surface area contributed by atoms with E-state index in [-0.39, 0.29) is 0 Å². The van der Waals surface area contributed by atoms with Crippen molar-refractivity contribution in [3.05, 3.63) is 35.2 Å². The summed E-state index contributed by atoms with van der Waals surface area (Å²) in [6.07, 6.45) is 6.37. The lowest BCUT2D eigenvalue weighted by Crippen LogP contribution is -1.70. The minimum Gasteiger partial charge on any atom is -0.472 e. The van der Waals surface area contributed by atoms with Crippen molar-refractivity contribution in [3.8, 4) is 0 Å². The third kappa shape index (κ3) is 2.06. The molecule has 1 aromatic rings. The molecule has 0 aromatic carbocycles. The molecule has 1 heterocycles. The highest BCUT2D eigenvalue weighted by Crippen LogP contribution is 2.01. The van der Waals surface area contributed by atoms with Gasteiger partial charge in [0.25, 0.3) is 0 Å². The summed E-state index contributed by atoms with van der Waals surface area (Å²) in [6.45, 7) is 0. The zero-order valence-corrected chi connectivity index (χ0v) is 6.47. The highest BCUT2D eigenvalue weighted by molar-refractivity contribution is 9.11. The lowest BCUT2D eigenvalue weighted by Gasteiger charge is -1.81. The highest BCUT2D eigenvalue weighted by atomic mass is 79.9. The SMILES string of the molecule is Br/C=C/Cc1ccoc1. The number of halogens is 1. The van der Waals surface area contributed by atoms with Gasteiger partial charge in [0.05, 0.1) is 12.5 Å². The van der Waals surface area contributed by atoms with E-state index in [2.05, 4.69) is 15.9 Å². The Morgan fingerprint density at radius 1 is 1.67 bits per heavy atom. The molecule has 0 N–H and O–H groups in total. The number of hydrogen-bond donors (Lipinski definition) is 0. The summed E-state index contributed by atoms with van der Waals surface area (Å²) in [4.78, 5) is 1.85. The van der Waals surface area contributed by atoms with E-state index in [1.54, 1.807) is 12.5 Å². The molecule has 48 valence electrons. The second kappa shape index (κ2) is 3.51. The largest absolute Gasteiger partial charge is 0.472 e. The monoisotopic (exact) mass is 186 g/mol. The van der Waals surface area contributed by atoms with Crippen molar-refractivity contribution in [1.82, 2.24) is 0 Å². The van der Waals surface area contributed by atoms with Gasteiger partial charge in [0.15, 0.2) is 0 Å². The van der Waals surface area contributed by atoms with Crippen LogP contribution < -0.4 is 0 Å². The van der Waals surface area contributed by atoms with Gasteiger partial charge in [0, 0.05) is 0 Å². The zero-order valence-electron chi connectivity index (χ0n) is 4.88. The van der Waals surface area contributed by atoms with Crippen LogP contribution in [0.15, 0.2) is 34.1 Å². The van der Waals surface area contributed by atoms with Crippen LogP contribution in [-0.4, -0.2) is 0 Å². The number of allylic oxidation sites excluding steroid dienone is 1. The molecular weight excluding hydrogens is 180 g/mol. The molecule has 1 rings (SSSR count). The maximum absolute atomic E-state index is 4.86. The Labute approximate surface area is 62.5 Å². The Kier molecular flexibility index (Phi) is 2.58. The van der Waals surface area contributed by atoms with Gasteiger partial charge in [-0.05, 0) is 23.0 Å². The maximum atomic E-state index is 4.86. The fraction of sp³-hybridized carbons (Fsp3) is 0.143. The van der Waals surface area contributed by atoms with Crippen LogP contribution >= 0.6 is 15.9 Å². The molecule has 1 nitrogen and oxygen atoms in total. The van der Waals surface area contributed by atoms with Gasteiger partial charge >= 0.3 is 0 Å². The first-order chi connectivity index (χ1) is 4.43. The molecule has 0 aliphatic heterocycles. The van der Waals surface area contributed by atoms with Crippen LogP contribution in [0.4, 0.5) is 0 Å². The lowest BCUT2D eigenvalue weighted by atomic mass is 10.2. The summed E-state index contributed by atoms with van der Waals surface area (Å²) >= 11 is 3.18. The molecule has 0 amide bonds. The molecule has 0 unspecified atom stereocenters. The summed E-state index contributed by atoms with van der Waals surface area (Å²) in [7, 11) is 0. The molecule has 2 heteroatoms. The zero-order chi connectivity index (χ0) is 6.53. The van der Waals surface area contributed by atoms with Gasteiger partial charge in [-0.15, -0.1) is 0 Å². The summed E-state index contributed by atoms with van der Waals surface area (Å²) < 4.78 is 4.86. The number of rotatable bonds is 2. The van der Waals surface area contributed by atoms with E-state index in [9.17, 15) is 0 Å². The van der Waals surface area contributed by atoms with Crippen LogP contribution in [0.1, 0.15) is 5.56 Å². The number of furan rings is 1. The van der Waals surface area contributed by atoms with Gasteiger partial charge in [-0.1, -0.05) is 22.0 Å². The predicted molar refractivity (Wildman–Crippen MR) is 40.5 cm³/mol. The average molecular weight is 187 g/mol. The van der Waals surface area contributed by atoms with Crippen molar-refractivity contribution in [3.63, 3.8) is 0 Å². The van der Waals surface area contributed by atoms with E-state index < -0.39 is 0 Å². The molecular formula is C7H7BrO. The van der Waals surface area contributed by atoms with Gasteiger partial charge in [0.1, 0.15) is 0 Å². The predicted octanol–water partition coefficient (Wildman–Crippen LogP) is 2.73. The molecule has 0 saturated carbocycles. The molecule has 0 fully saturated rings. The van der Waals surface area contributed by atoms with Crippen LogP contribution in [0, 0.1) is 0 Å². The topological polar surface area (TPSA) is 13.1 Å². The molecule has 0 spiro atoms. The van der Waals surface area contributed by atoms with Gasteiger partial charge in [0.2, 0.25) is 0 Å². The minimum absolute atomic E-state index is 0.932. The highest BCUT2D eigenvalue weighted by Gasteiger charge is 1.86. The third-order valence-corrected chi connectivity index (χ3v) is 1.40. The Bertz CT molecular complexity index is 177. The van der Waals surface area contributed by atoms with Crippen molar-refractivity contribution in [1.29, 1.82) is 0 Å². The van der Waals surface area contributed by atoms with Gasteiger partial charge < -0.3 is 4.42 Å². The first-order valence-electron chi connectivity index (χ1n) is 2.70. The Morgan fingerprint density at radius 2 is 2.56 bits per heavy atom. The molecule has 0 radical (unpaired) electrons. The third-order valence-electron chi connectivity index (χ3n) is 1.02. The summed E-state index contributed by atoms with van der Waals surface area (Å²) in [5.74, 6) is 0. The lowest BCUT2D eigenvalue weighted by molar-refractivity contribution is 0.565. The minimum atomic E-state index is 0.932. The van der Waals surface area contributed by atoms with Crippen LogP contribution in [0.3, 0.4) is 0 Å². The second-order valence-electron chi connectivity index (χ2n) is 1.70. The van der Waals surface area contributed by atoms with Crippen molar-refractivity contribution in [2.75, 3.05) is 0 Å².